The van der Waals surface area contributed by atoms with Crippen molar-refractivity contribution in [2.75, 3.05) is 0 Å². The molecule has 0 bridgehead atoms. The maximum Gasteiger partial charge on any atom is 0.123 e. The zero-order valence-corrected chi connectivity index (χ0v) is 12.2. The molecular weight excluding hydrogens is 232 g/mol. The van der Waals surface area contributed by atoms with Crippen LogP contribution in [-0.2, 0) is 6.61 Å². The minimum Gasteiger partial charge on any atom is -0.489 e. The minimum atomic E-state index is 0.482. The molecule has 1 nitrogen and oxygen atoms in total. The third-order valence-electron chi connectivity index (χ3n) is 3.51. The average Bonchev–Trinajstić information content (AvgIpc) is 2.40. The molecule has 2 aromatic rings. The van der Waals surface area contributed by atoms with Crippen molar-refractivity contribution in [1.82, 2.24) is 0 Å². The van der Waals surface area contributed by atoms with Gasteiger partial charge in [-0.05, 0) is 48.1 Å². The third-order valence-corrected chi connectivity index (χ3v) is 3.51. The molecule has 0 aromatic heterocycles. The van der Waals surface area contributed by atoms with Gasteiger partial charge >= 0.3 is 0 Å². The van der Waals surface area contributed by atoms with Gasteiger partial charge in [0.05, 0.1) is 0 Å². The van der Waals surface area contributed by atoms with Gasteiger partial charge in [-0.25, -0.2) is 0 Å². The molecule has 0 aliphatic rings. The minimum absolute atomic E-state index is 0.482. The molecule has 0 aliphatic heterocycles. The third kappa shape index (κ3) is 3.37. The Labute approximate surface area is 116 Å². The van der Waals surface area contributed by atoms with E-state index in [4.69, 9.17) is 4.74 Å². The second-order valence-electron chi connectivity index (χ2n) is 5.40. The van der Waals surface area contributed by atoms with E-state index in [0.29, 0.717) is 12.5 Å². The van der Waals surface area contributed by atoms with Crippen LogP contribution in [0.5, 0.6) is 5.75 Å². The van der Waals surface area contributed by atoms with Crippen molar-refractivity contribution >= 4 is 0 Å². The molecule has 100 valence electrons. The van der Waals surface area contributed by atoms with E-state index in [1.165, 1.54) is 22.3 Å². The fraction of sp³-hybridized carbons (Fsp3) is 0.333. The van der Waals surface area contributed by atoms with Gasteiger partial charge in [0.15, 0.2) is 0 Å². The van der Waals surface area contributed by atoms with Crippen LogP contribution in [0.4, 0.5) is 0 Å². The molecule has 19 heavy (non-hydrogen) atoms. The van der Waals surface area contributed by atoms with E-state index in [-0.39, 0.29) is 0 Å². The molecule has 0 aliphatic carbocycles. The van der Waals surface area contributed by atoms with Crippen molar-refractivity contribution in [2.45, 2.75) is 40.2 Å². The summed E-state index contributed by atoms with van der Waals surface area (Å²) in [5, 5.41) is 0. The van der Waals surface area contributed by atoms with Gasteiger partial charge in [-0.15, -0.1) is 0 Å². The van der Waals surface area contributed by atoms with Gasteiger partial charge in [0.1, 0.15) is 12.4 Å². The number of hydrogen-bond donors (Lipinski definition) is 0. The van der Waals surface area contributed by atoms with Crippen molar-refractivity contribution in [3.63, 3.8) is 0 Å². The molecule has 0 atom stereocenters. The lowest BCUT2D eigenvalue weighted by molar-refractivity contribution is 0.301. The number of para-hydroxylation sites is 1. The summed E-state index contributed by atoms with van der Waals surface area (Å²) >= 11 is 0. The molecule has 0 fully saturated rings. The van der Waals surface area contributed by atoms with Crippen molar-refractivity contribution in [3.05, 3.63) is 64.7 Å². The fourth-order valence-electron chi connectivity index (χ4n) is 2.14. The first-order chi connectivity index (χ1) is 9.08. The lowest BCUT2D eigenvalue weighted by Crippen LogP contribution is -2.00. The molecule has 0 amide bonds. The van der Waals surface area contributed by atoms with E-state index < -0.39 is 0 Å². The summed E-state index contributed by atoms with van der Waals surface area (Å²) in [6, 6.07) is 14.8. The zero-order valence-electron chi connectivity index (χ0n) is 12.2. The Hall–Kier alpha value is -1.76. The molecular formula is C18H22O. The van der Waals surface area contributed by atoms with Crippen LogP contribution < -0.4 is 4.74 Å². The normalized spacial score (nSPS) is 10.8. The highest BCUT2D eigenvalue weighted by atomic mass is 16.5. The predicted octanol–water partition coefficient (Wildman–Crippen LogP) is 5.01. The van der Waals surface area contributed by atoms with Gasteiger partial charge in [-0.1, -0.05) is 50.2 Å². The second kappa shape index (κ2) is 5.92. The van der Waals surface area contributed by atoms with Gasteiger partial charge in [0.2, 0.25) is 0 Å². The Bertz CT molecular complexity index is 555. The van der Waals surface area contributed by atoms with Crippen molar-refractivity contribution in [1.29, 1.82) is 0 Å². The highest BCUT2D eigenvalue weighted by Gasteiger charge is 2.07. The van der Waals surface area contributed by atoms with E-state index in [9.17, 15) is 0 Å². The number of aryl methyl sites for hydroxylation is 2. The monoisotopic (exact) mass is 254 g/mol. The van der Waals surface area contributed by atoms with Crippen LogP contribution in [0.2, 0.25) is 0 Å². The van der Waals surface area contributed by atoms with Gasteiger partial charge in [0, 0.05) is 0 Å². The zero-order chi connectivity index (χ0) is 13.8. The van der Waals surface area contributed by atoms with Crippen LogP contribution in [0, 0.1) is 13.8 Å². The highest BCUT2D eigenvalue weighted by Crippen LogP contribution is 2.26. The molecule has 0 radical (unpaired) electrons. The summed E-state index contributed by atoms with van der Waals surface area (Å²) in [6.07, 6.45) is 0. The van der Waals surface area contributed by atoms with Crippen molar-refractivity contribution < 1.29 is 4.74 Å². The maximum atomic E-state index is 5.98. The molecule has 0 spiro atoms. The topological polar surface area (TPSA) is 9.23 Å². The number of ether oxygens (including phenoxy) is 1. The fourth-order valence-corrected chi connectivity index (χ4v) is 2.14. The summed E-state index contributed by atoms with van der Waals surface area (Å²) in [5.41, 5.74) is 5.14. The molecule has 1 heteroatoms. The van der Waals surface area contributed by atoms with E-state index in [1.807, 2.05) is 6.07 Å². The number of rotatable bonds is 4. The first kappa shape index (κ1) is 13.7. The lowest BCUT2D eigenvalue weighted by atomic mass is 10.0. The van der Waals surface area contributed by atoms with Crippen LogP contribution in [0.1, 0.15) is 42.0 Å². The Morgan fingerprint density at radius 3 is 2.37 bits per heavy atom. The SMILES string of the molecule is Cc1ccc(COc2ccccc2C(C)C)cc1C. The Balaban J connectivity index is 2.12. The molecule has 2 rings (SSSR count). The van der Waals surface area contributed by atoms with E-state index in [2.05, 4.69) is 64.1 Å². The molecule has 0 saturated carbocycles. The maximum absolute atomic E-state index is 5.98. The molecule has 0 unspecified atom stereocenters. The molecule has 2 aromatic carbocycles. The summed E-state index contributed by atoms with van der Waals surface area (Å²) < 4.78 is 5.98. The summed E-state index contributed by atoms with van der Waals surface area (Å²) in [4.78, 5) is 0. The van der Waals surface area contributed by atoms with E-state index >= 15 is 0 Å². The Kier molecular flexibility index (Phi) is 4.26. The lowest BCUT2D eigenvalue weighted by Gasteiger charge is -2.14. The predicted molar refractivity (Wildman–Crippen MR) is 80.8 cm³/mol. The van der Waals surface area contributed by atoms with Crippen LogP contribution in [-0.4, -0.2) is 0 Å². The first-order valence-corrected chi connectivity index (χ1v) is 6.86. The van der Waals surface area contributed by atoms with Gasteiger partial charge in [0.25, 0.3) is 0 Å². The van der Waals surface area contributed by atoms with Crippen LogP contribution in [0.15, 0.2) is 42.5 Å². The largest absolute Gasteiger partial charge is 0.489 e. The van der Waals surface area contributed by atoms with Crippen molar-refractivity contribution in [3.8, 4) is 5.75 Å². The number of hydrogen-bond acceptors (Lipinski definition) is 1. The molecule has 0 saturated heterocycles. The summed E-state index contributed by atoms with van der Waals surface area (Å²) in [5.74, 6) is 1.48. The van der Waals surface area contributed by atoms with Gasteiger partial charge in [-0.3, -0.25) is 0 Å². The smallest absolute Gasteiger partial charge is 0.123 e. The van der Waals surface area contributed by atoms with Gasteiger partial charge in [-0.2, -0.15) is 0 Å². The van der Waals surface area contributed by atoms with E-state index in [0.717, 1.165) is 5.75 Å². The quantitative estimate of drug-likeness (QED) is 0.745. The summed E-state index contributed by atoms with van der Waals surface area (Å²) in [7, 11) is 0. The number of benzene rings is 2. The van der Waals surface area contributed by atoms with Crippen molar-refractivity contribution in [2.24, 2.45) is 0 Å². The van der Waals surface area contributed by atoms with Gasteiger partial charge < -0.3 is 4.74 Å². The average molecular weight is 254 g/mol. The molecule has 0 heterocycles. The summed E-state index contributed by atoms with van der Waals surface area (Å²) in [6.45, 7) is 9.29. The molecule has 0 N–H and O–H groups in total. The Morgan fingerprint density at radius 1 is 0.947 bits per heavy atom. The van der Waals surface area contributed by atoms with Crippen LogP contribution >= 0.6 is 0 Å². The standard InChI is InChI=1S/C18H22O/c1-13(2)17-7-5-6-8-18(17)19-12-16-10-9-14(3)15(4)11-16/h5-11,13H,12H2,1-4H3. The van der Waals surface area contributed by atoms with E-state index in [1.54, 1.807) is 0 Å². The highest BCUT2D eigenvalue weighted by molar-refractivity contribution is 5.36. The van der Waals surface area contributed by atoms with Crippen LogP contribution in [0.25, 0.3) is 0 Å². The van der Waals surface area contributed by atoms with Crippen LogP contribution in [0.3, 0.4) is 0 Å². The second-order valence-corrected chi connectivity index (χ2v) is 5.40. The first-order valence-electron chi connectivity index (χ1n) is 6.86. The Morgan fingerprint density at radius 2 is 1.68 bits per heavy atom.